The third-order valence-corrected chi connectivity index (χ3v) is 2.16. The summed E-state index contributed by atoms with van der Waals surface area (Å²) in [6.07, 6.45) is 2.80. The molecule has 1 unspecified atom stereocenters. The summed E-state index contributed by atoms with van der Waals surface area (Å²) < 4.78 is 4.72. The Hall–Kier alpha value is -1.75. The van der Waals surface area contributed by atoms with Gasteiger partial charge in [-0.3, -0.25) is 4.79 Å². The number of nitrogens with one attached hydrogen (secondary N) is 1. The number of carboxylic acid groups (broad SMARTS) is 1. The monoisotopic (exact) mass is 243 g/mol. The van der Waals surface area contributed by atoms with Crippen molar-refractivity contribution in [3.63, 3.8) is 0 Å². The number of hydrogen-bond acceptors (Lipinski definition) is 3. The largest absolute Gasteiger partial charge is 0.480 e. The molecule has 2 N–H and O–H groups in total. The van der Waals surface area contributed by atoms with E-state index in [0.29, 0.717) is 0 Å². The molecule has 0 aliphatic rings. The van der Waals surface area contributed by atoms with Crippen molar-refractivity contribution in [1.82, 2.24) is 5.32 Å². The molecule has 0 fully saturated rings. The van der Waals surface area contributed by atoms with Gasteiger partial charge in [-0.1, -0.05) is 6.08 Å². The molecule has 0 bridgehead atoms. The van der Waals surface area contributed by atoms with Gasteiger partial charge in [-0.15, -0.1) is 6.58 Å². The third-order valence-electron chi connectivity index (χ3n) is 1.87. The minimum Gasteiger partial charge on any atom is -0.480 e. The lowest BCUT2D eigenvalue weighted by Gasteiger charge is -2.11. The molecule has 5 nitrogen and oxygen atoms in total. The summed E-state index contributed by atoms with van der Waals surface area (Å²) in [5, 5.41) is 11.0. The smallest absolute Gasteiger partial charge is 0.326 e. The van der Waals surface area contributed by atoms with Gasteiger partial charge >= 0.3 is 5.97 Å². The second kappa shape index (κ2) is 5.37. The van der Waals surface area contributed by atoms with Crippen LogP contribution in [0.4, 0.5) is 0 Å². The second-order valence-corrected chi connectivity index (χ2v) is 3.34. The molecule has 1 rings (SSSR count). The van der Waals surface area contributed by atoms with Crippen molar-refractivity contribution in [1.29, 1.82) is 0 Å². The normalized spacial score (nSPS) is 11.8. The molecule has 0 aliphatic heterocycles. The molecule has 0 radical (unpaired) electrons. The molecule has 6 heteroatoms. The standard InChI is InChI=1S/C10H10ClNO4/c1-2-3-7(10(14)15)12-9(13)6-4-5-16-8(6)11/h2,4-5,7H,1,3H2,(H,12,13)(H,14,15). The zero-order valence-electron chi connectivity index (χ0n) is 8.27. The van der Waals surface area contributed by atoms with E-state index in [4.69, 9.17) is 21.1 Å². The highest BCUT2D eigenvalue weighted by Gasteiger charge is 2.21. The average molecular weight is 244 g/mol. The van der Waals surface area contributed by atoms with Gasteiger partial charge in [0, 0.05) is 0 Å². The zero-order chi connectivity index (χ0) is 12.1. The summed E-state index contributed by atoms with van der Waals surface area (Å²) in [5.41, 5.74) is 0.108. The minimum absolute atomic E-state index is 0.0692. The molecule has 0 saturated heterocycles. The Morgan fingerprint density at radius 2 is 2.38 bits per heavy atom. The molecule has 1 atom stereocenters. The van der Waals surface area contributed by atoms with Gasteiger partial charge in [0.15, 0.2) is 0 Å². The van der Waals surface area contributed by atoms with Crippen LogP contribution in [0.25, 0.3) is 0 Å². The number of carbonyl (C=O) groups is 2. The number of carbonyl (C=O) groups excluding carboxylic acids is 1. The zero-order valence-corrected chi connectivity index (χ0v) is 9.03. The Balaban J connectivity index is 2.72. The van der Waals surface area contributed by atoms with Crippen molar-refractivity contribution in [3.05, 3.63) is 35.8 Å². The van der Waals surface area contributed by atoms with Crippen molar-refractivity contribution < 1.29 is 19.1 Å². The first-order valence-corrected chi connectivity index (χ1v) is 4.81. The van der Waals surface area contributed by atoms with Crippen LogP contribution in [0.2, 0.25) is 5.22 Å². The second-order valence-electron chi connectivity index (χ2n) is 3.00. The topological polar surface area (TPSA) is 79.5 Å². The fourth-order valence-electron chi connectivity index (χ4n) is 1.08. The maximum Gasteiger partial charge on any atom is 0.326 e. The van der Waals surface area contributed by atoms with Crippen LogP contribution in [-0.2, 0) is 4.79 Å². The molecule has 0 aromatic carbocycles. The summed E-state index contributed by atoms with van der Waals surface area (Å²) in [4.78, 5) is 22.3. The van der Waals surface area contributed by atoms with E-state index in [1.165, 1.54) is 18.4 Å². The molecule has 1 aromatic rings. The minimum atomic E-state index is -1.13. The molecule has 16 heavy (non-hydrogen) atoms. The highest BCUT2D eigenvalue weighted by atomic mass is 35.5. The fourth-order valence-corrected chi connectivity index (χ4v) is 1.28. The molecular weight excluding hydrogens is 234 g/mol. The summed E-state index contributed by atoms with van der Waals surface area (Å²) in [7, 11) is 0. The van der Waals surface area contributed by atoms with E-state index in [9.17, 15) is 9.59 Å². The number of rotatable bonds is 5. The van der Waals surface area contributed by atoms with Gasteiger partial charge in [0.2, 0.25) is 5.22 Å². The third kappa shape index (κ3) is 2.87. The predicted molar refractivity (Wildman–Crippen MR) is 57.4 cm³/mol. The summed E-state index contributed by atoms with van der Waals surface area (Å²) in [6, 6.07) is 0.348. The molecule has 0 saturated carbocycles. The van der Waals surface area contributed by atoms with Crippen LogP contribution in [0.15, 0.2) is 29.4 Å². The van der Waals surface area contributed by atoms with E-state index in [1.807, 2.05) is 0 Å². The van der Waals surface area contributed by atoms with Crippen LogP contribution in [-0.4, -0.2) is 23.0 Å². The van der Waals surface area contributed by atoms with E-state index in [1.54, 1.807) is 0 Å². The fraction of sp³-hybridized carbons (Fsp3) is 0.200. The molecule has 0 aliphatic carbocycles. The average Bonchev–Trinajstić information content (AvgIpc) is 2.63. The van der Waals surface area contributed by atoms with Gasteiger partial charge in [0.05, 0.1) is 11.8 Å². The van der Waals surface area contributed by atoms with Crippen LogP contribution in [0.5, 0.6) is 0 Å². The van der Waals surface area contributed by atoms with Crippen LogP contribution in [0.1, 0.15) is 16.8 Å². The van der Waals surface area contributed by atoms with Crippen molar-refractivity contribution in [3.8, 4) is 0 Å². The first-order chi connectivity index (χ1) is 7.56. The molecule has 1 amide bonds. The van der Waals surface area contributed by atoms with Gasteiger partial charge in [0.25, 0.3) is 5.91 Å². The van der Waals surface area contributed by atoms with Crippen molar-refractivity contribution in [2.45, 2.75) is 12.5 Å². The number of hydrogen-bond donors (Lipinski definition) is 2. The molecule has 86 valence electrons. The predicted octanol–water partition coefficient (Wildman–Crippen LogP) is 1.69. The number of aliphatic carboxylic acids is 1. The summed E-state index contributed by atoms with van der Waals surface area (Å²) in [5.74, 6) is -1.72. The first kappa shape index (κ1) is 12.3. The van der Waals surface area contributed by atoms with Crippen molar-refractivity contribution >= 4 is 23.5 Å². The van der Waals surface area contributed by atoms with Gasteiger partial charge in [-0.2, -0.15) is 0 Å². The van der Waals surface area contributed by atoms with E-state index in [-0.39, 0.29) is 17.2 Å². The molecule has 1 heterocycles. The Kier molecular flexibility index (Phi) is 4.13. The van der Waals surface area contributed by atoms with E-state index >= 15 is 0 Å². The lowest BCUT2D eigenvalue weighted by atomic mass is 10.2. The van der Waals surface area contributed by atoms with Gasteiger partial charge in [-0.25, -0.2) is 4.79 Å². The van der Waals surface area contributed by atoms with Crippen LogP contribution < -0.4 is 5.32 Å². The van der Waals surface area contributed by atoms with E-state index < -0.39 is 17.9 Å². The summed E-state index contributed by atoms with van der Waals surface area (Å²) >= 11 is 5.58. The molecular formula is C10H10ClNO4. The highest BCUT2D eigenvalue weighted by molar-refractivity contribution is 6.32. The Morgan fingerprint density at radius 1 is 1.69 bits per heavy atom. The lowest BCUT2D eigenvalue weighted by Crippen LogP contribution is -2.40. The summed E-state index contributed by atoms with van der Waals surface area (Å²) in [6.45, 7) is 3.41. The Labute approximate surface area is 96.7 Å². The first-order valence-electron chi connectivity index (χ1n) is 4.43. The van der Waals surface area contributed by atoms with Crippen molar-refractivity contribution in [2.24, 2.45) is 0 Å². The van der Waals surface area contributed by atoms with Gasteiger partial charge in [0.1, 0.15) is 6.04 Å². The Bertz CT molecular complexity index is 413. The van der Waals surface area contributed by atoms with E-state index in [0.717, 1.165) is 0 Å². The highest BCUT2D eigenvalue weighted by Crippen LogP contribution is 2.16. The van der Waals surface area contributed by atoms with Gasteiger partial charge < -0.3 is 14.8 Å². The number of furan rings is 1. The van der Waals surface area contributed by atoms with Crippen LogP contribution in [0, 0.1) is 0 Å². The van der Waals surface area contributed by atoms with Crippen LogP contribution in [0.3, 0.4) is 0 Å². The number of halogens is 1. The van der Waals surface area contributed by atoms with E-state index in [2.05, 4.69) is 11.9 Å². The lowest BCUT2D eigenvalue weighted by molar-refractivity contribution is -0.139. The van der Waals surface area contributed by atoms with Crippen LogP contribution >= 0.6 is 11.6 Å². The maximum atomic E-state index is 11.6. The van der Waals surface area contributed by atoms with Crippen molar-refractivity contribution in [2.75, 3.05) is 0 Å². The quantitative estimate of drug-likeness (QED) is 0.772. The SMILES string of the molecule is C=CCC(NC(=O)c1ccoc1Cl)C(=O)O. The number of amides is 1. The maximum absolute atomic E-state index is 11.6. The van der Waals surface area contributed by atoms with Gasteiger partial charge in [-0.05, 0) is 24.1 Å². The Morgan fingerprint density at radius 3 is 2.81 bits per heavy atom. The molecule has 1 aromatic heterocycles. The molecule has 0 spiro atoms. The number of carboxylic acids is 1.